The Labute approximate surface area is 186 Å². The molecule has 3 N–H and O–H groups in total. The number of benzene rings is 1. The van der Waals surface area contributed by atoms with E-state index in [1.807, 2.05) is 6.92 Å². The van der Waals surface area contributed by atoms with Crippen molar-refractivity contribution in [1.82, 2.24) is 15.3 Å². The molecule has 0 bridgehead atoms. The number of anilines is 2. The number of amides is 1. The van der Waals surface area contributed by atoms with Crippen molar-refractivity contribution in [2.45, 2.75) is 52.0 Å². The molecule has 31 heavy (non-hydrogen) atoms. The molecule has 0 saturated carbocycles. The van der Waals surface area contributed by atoms with Crippen LogP contribution in [-0.2, 0) is 12.8 Å². The summed E-state index contributed by atoms with van der Waals surface area (Å²) >= 11 is 1.32. The van der Waals surface area contributed by atoms with Gasteiger partial charge in [0.2, 0.25) is 0 Å². The molecule has 1 fully saturated rings. The van der Waals surface area contributed by atoms with Gasteiger partial charge in [0.05, 0.1) is 11.4 Å². The summed E-state index contributed by atoms with van der Waals surface area (Å²) < 4.78 is 0. The molecule has 6 nitrogen and oxygen atoms in total. The van der Waals surface area contributed by atoms with E-state index in [9.17, 15) is 4.79 Å². The van der Waals surface area contributed by atoms with Gasteiger partial charge in [0.1, 0.15) is 15.2 Å². The van der Waals surface area contributed by atoms with Gasteiger partial charge in [-0.2, -0.15) is 0 Å². The van der Waals surface area contributed by atoms with Crippen LogP contribution in [0.1, 0.15) is 52.7 Å². The molecule has 2 aromatic heterocycles. The number of aryl methyl sites for hydroxylation is 2. The topological polar surface area (TPSA) is 84.1 Å². The Morgan fingerprint density at radius 2 is 2.19 bits per heavy atom. The summed E-state index contributed by atoms with van der Waals surface area (Å²) in [6.07, 6.45) is 7.04. The Balaban J connectivity index is 1.28. The van der Waals surface area contributed by atoms with Gasteiger partial charge in [-0.25, -0.2) is 9.97 Å². The monoisotopic (exact) mass is 435 g/mol. The van der Waals surface area contributed by atoms with Gasteiger partial charge in [-0.15, -0.1) is 11.3 Å². The van der Waals surface area contributed by atoms with E-state index < -0.39 is 0 Å². The molecule has 3 heterocycles. The van der Waals surface area contributed by atoms with Crippen LogP contribution in [0.2, 0.25) is 0 Å². The molecule has 2 aliphatic rings. The van der Waals surface area contributed by atoms with Crippen LogP contribution in [0.3, 0.4) is 0 Å². The maximum atomic E-state index is 12.9. The van der Waals surface area contributed by atoms with Gasteiger partial charge in [-0.3, -0.25) is 4.79 Å². The fraction of sp³-hybridized carbons (Fsp3) is 0.458. The first-order valence-electron chi connectivity index (χ1n) is 11.2. The fourth-order valence-electron chi connectivity index (χ4n) is 4.85. The number of thiophene rings is 1. The summed E-state index contributed by atoms with van der Waals surface area (Å²) in [7, 11) is 0. The van der Waals surface area contributed by atoms with E-state index in [1.54, 1.807) is 6.20 Å². The Kier molecular flexibility index (Phi) is 5.30. The third-order valence-corrected chi connectivity index (χ3v) is 7.83. The highest BCUT2D eigenvalue weighted by atomic mass is 32.1. The summed E-state index contributed by atoms with van der Waals surface area (Å²) in [5.74, 6) is 0.707. The van der Waals surface area contributed by atoms with Crippen LogP contribution < -0.4 is 16.0 Å². The lowest BCUT2D eigenvalue weighted by Gasteiger charge is -2.27. The van der Waals surface area contributed by atoms with E-state index >= 15 is 0 Å². The van der Waals surface area contributed by atoms with Gasteiger partial charge in [0, 0.05) is 31.0 Å². The highest BCUT2D eigenvalue weighted by Crippen LogP contribution is 2.33. The second-order valence-corrected chi connectivity index (χ2v) is 9.88. The molecule has 1 aliphatic heterocycles. The quantitative estimate of drug-likeness (QED) is 0.644. The predicted octanol–water partition coefficient (Wildman–Crippen LogP) is 4.11. The van der Waals surface area contributed by atoms with Crippen LogP contribution in [0.4, 0.5) is 11.4 Å². The molecule has 0 spiro atoms. The molecule has 1 amide bonds. The minimum atomic E-state index is -0.118. The number of rotatable bonds is 4. The van der Waals surface area contributed by atoms with Gasteiger partial charge >= 0.3 is 0 Å². The average molecular weight is 436 g/mol. The van der Waals surface area contributed by atoms with Gasteiger partial charge in [-0.1, -0.05) is 19.4 Å². The van der Waals surface area contributed by atoms with Crippen LogP contribution in [0.25, 0.3) is 10.3 Å². The van der Waals surface area contributed by atoms with Crippen molar-refractivity contribution in [2.75, 3.05) is 23.7 Å². The van der Waals surface area contributed by atoms with Crippen LogP contribution in [-0.4, -0.2) is 35.0 Å². The Morgan fingerprint density at radius 1 is 1.32 bits per heavy atom. The maximum Gasteiger partial charge on any atom is 0.263 e. The number of hydrogen-bond donors (Lipinski definition) is 2. The molecular formula is C24H29N5OS. The van der Waals surface area contributed by atoms with Crippen LogP contribution >= 0.6 is 11.3 Å². The molecule has 1 aliphatic carbocycles. The molecule has 162 valence electrons. The number of nitrogens with two attached hydrogens (primary N) is 1. The van der Waals surface area contributed by atoms with E-state index in [4.69, 9.17) is 5.73 Å². The van der Waals surface area contributed by atoms with E-state index in [-0.39, 0.29) is 11.9 Å². The smallest absolute Gasteiger partial charge is 0.263 e. The standard InChI is InChI=1S/C24H29N5OS/c1-3-15-8-9-29(13-15)19-7-5-16-10-18(6-4-17(16)11-19)28-23(30)22-20(25)21-24(31-22)27-14(2)12-26-21/h5,7,11-12,15,18H,3-4,6,8-10,13,25H2,1-2H3,(H,28,30)/t15-,18-/m0/s1. The van der Waals surface area contributed by atoms with Crippen molar-refractivity contribution in [3.63, 3.8) is 0 Å². The van der Waals surface area contributed by atoms with Gasteiger partial charge in [0.15, 0.2) is 0 Å². The summed E-state index contributed by atoms with van der Waals surface area (Å²) in [4.78, 5) is 25.5. The first-order valence-corrected chi connectivity index (χ1v) is 12.0. The van der Waals surface area contributed by atoms with E-state index in [0.29, 0.717) is 16.1 Å². The largest absolute Gasteiger partial charge is 0.396 e. The van der Waals surface area contributed by atoms with Crippen molar-refractivity contribution >= 4 is 39.0 Å². The van der Waals surface area contributed by atoms with Crippen LogP contribution in [0, 0.1) is 12.8 Å². The number of nitrogens with one attached hydrogen (secondary N) is 1. The van der Waals surface area contributed by atoms with Gasteiger partial charge < -0.3 is 16.0 Å². The number of hydrogen-bond acceptors (Lipinski definition) is 6. The van der Waals surface area contributed by atoms with Crippen molar-refractivity contribution in [3.05, 3.63) is 46.1 Å². The highest BCUT2D eigenvalue weighted by Gasteiger charge is 2.26. The number of nitrogens with zero attached hydrogens (tertiary/aromatic N) is 3. The molecule has 5 rings (SSSR count). The second-order valence-electron chi connectivity index (χ2n) is 8.89. The van der Waals surface area contributed by atoms with E-state index in [1.165, 1.54) is 47.5 Å². The molecule has 0 radical (unpaired) electrons. The molecular weight excluding hydrogens is 406 g/mol. The average Bonchev–Trinajstić information content (AvgIpc) is 3.38. The van der Waals surface area contributed by atoms with Gasteiger partial charge in [0.25, 0.3) is 5.91 Å². The zero-order chi connectivity index (χ0) is 21.5. The second kappa shape index (κ2) is 8.11. The maximum absolute atomic E-state index is 12.9. The molecule has 0 unspecified atom stereocenters. The molecule has 2 atom stereocenters. The van der Waals surface area contributed by atoms with Crippen molar-refractivity contribution in [3.8, 4) is 0 Å². The van der Waals surface area contributed by atoms with Crippen LogP contribution in [0.15, 0.2) is 24.4 Å². The van der Waals surface area contributed by atoms with E-state index in [0.717, 1.165) is 42.2 Å². The summed E-state index contributed by atoms with van der Waals surface area (Å²) in [5.41, 5.74) is 12.2. The van der Waals surface area contributed by atoms with Crippen molar-refractivity contribution in [1.29, 1.82) is 0 Å². The lowest BCUT2D eigenvalue weighted by Crippen LogP contribution is -2.38. The third kappa shape index (κ3) is 3.87. The molecule has 7 heteroatoms. The highest BCUT2D eigenvalue weighted by molar-refractivity contribution is 7.21. The summed E-state index contributed by atoms with van der Waals surface area (Å²) in [6, 6.07) is 7.00. The third-order valence-electron chi connectivity index (χ3n) is 6.75. The number of aromatic nitrogens is 2. The van der Waals surface area contributed by atoms with E-state index in [2.05, 4.69) is 45.3 Å². The van der Waals surface area contributed by atoms with Gasteiger partial charge in [-0.05, 0) is 61.8 Å². The number of carbonyl (C=O) groups excluding carboxylic acids is 1. The Bertz CT molecular complexity index is 1140. The molecule has 1 aromatic carbocycles. The minimum absolute atomic E-state index is 0.118. The molecule has 1 saturated heterocycles. The minimum Gasteiger partial charge on any atom is -0.396 e. The first-order chi connectivity index (χ1) is 15.0. The zero-order valence-corrected chi connectivity index (χ0v) is 19.0. The predicted molar refractivity (Wildman–Crippen MR) is 127 cm³/mol. The Morgan fingerprint density at radius 3 is 3.00 bits per heavy atom. The lowest BCUT2D eigenvalue weighted by atomic mass is 9.87. The van der Waals surface area contributed by atoms with Crippen molar-refractivity contribution < 1.29 is 4.79 Å². The number of carbonyl (C=O) groups is 1. The summed E-state index contributed by atoms with van der Waals surface area (Å²) in [5, 5.41) is 3.20. The molecule has 3 aromatic rings. The SMILES string of the molecule is CC[C@H]1CCN(c2ccc3c(c2)CC[C@H](NC(=O)c2sc4nc(C)cnc4c2N)C3)C1. The van der Waals surface area contributed by atoms with Crippen molar-refractivity contribution in [2.24, 2.45) is 5.92 Å². The number of fused-ring (bicyclic) bond motifs is 2. The zero-order valence-electron chi connectivity index (χ0n) is 18.1. The Hall–Kier alpha value is -2.67. The first kappa shape index (κ1) is 20.2. The number of nitrogen functional groups attached to an aromatic ring is 1. The lowest BCUT2D eigenvalue weighted by molar-refractivity contribution is 0.0938. The normalized spacial score (nSPS) is 20.8. The summed E-state index contributed by atoms with van der Waals surface area (Å²) in [6.45, 7) is 6.51. The fourth-order valence-corrected chi connectivity index (χ4v) is 5.85. The van der Waals surface area contributed by atoms with Crippen LogP contribution in [0.5, 0.6) is 0 Å².